The van der Waals surface area contributed by atoms with Crippen LogP contribution in [-0.4, -0.2) is 44.6 Å². The van der Waals surface area contributed by atoms with Crippen molar-refractivity contribution >= 4 is 16.0 Å². The summed E-state index contributed by atoms with van der Waals surface area (Å²) < 4.78 is 29.9. The third kappa shape index (κ3) is 6.63. The maximum absolute atomic E-state index is 12.1. The molecule has 0 aliphatic rings. The number of nitrogens with zero attached hydrogens (tertiary/aromatic N) is 1. The lowest BCUT2D eigenvalue weighted by Gasteiger charge is -2.25. The average molecular weight is 265 g/mol. The molecular weight excluding hydrogens is 242 g/mol. The predicted octanol–water partition coefficient (Wildman–Crippen LogP) is 1.25. The molecule has 6 heteroatoms. The minimum atomic E-state index is -3.31. The quantitative estimate of drug-likeness (QED) is 0.678. The molecule has 0 N–H and O–H groups in total. The normalized spacial score (nSPS) is 12.8. The first-order chi connectivity index (χ1) is 7.62. The lowest BCUT2D eigenvalue weighted by atomic mass is 10.0. The van der Waals surface area contributed by atoms with Gasteiger partial charge in [-0.3, -0.25) is 4.79 Å². The summed E-state index contributed by atoms with van der Waals surface area (Å²) >= 11 is 0. The molecule has 5 nitrogen and oxygen atoms in total. The Morgan fingerprint density at radius 1 is 1.29 bits per heavy atom. The van der Waals surface area contributed by atoms with Crippen molar-refractivity contribution in [1.29, 1.82) is 0 Å². The first-order valence-electron chi connectivity index (χ1n) is 5.67. The Kier molecular flexibility index (Phi) is 6.12. The van der Waals surface area contributed by atoms with E-state index >= 15 is 0 Å². The van der Waals surface area contributed by atoms with Crippen molar-refractivity contribution in [2.75, 3.05) is 26.0 Å². The van der Waals surface area contributed by atoms with E-state index in [1.54, 1.807) is 6.92 Å². The maximum Gasteiger partial charge on any atom is 0.306 e. The number of methoxy groups -OCH3 is 1. The molecule has 0 unspecified atom stereocenters. The van der Waals surface area contributed by atoms with E-state index in [1.165, 1.54) is 11.4 Å². The van der Waals surface area contributed by atoms with Gasteiger partial charge in [-0.2, -0.15) is 0 Å². The second-order valence-electron chi connectivity index (χ2n) is 5.13. The number of hydrogen-bond acceptors (Lipinski definition) is 4. The highest BCUT2D eigenvalue weighted by molar-refractivity contribution is 7.89. The molecule has 0 bridgehead atoms. The number of esters is 1. The predicted molar refractivity (Wildman–Crippen MR) is 67.1 cm³/mol. The molecule has 0 saturated carbocycles. The molecule has 17 heavy (non-hydrogen) atoms. The zero-order valence-corrected chi connectivity index (χ0v) is 12.1. The summed E-state index contributed by atoms with van der Waals surface area (Å²) in [4.78, 5) is 11.0. The summed E-state index contributed by atoms with van der Waals surface area (Å²) in [5.41, 5.74) is -0.294. The molecule has 0 rings (SSSR count). The van der Waals surface area contributed by atoms with Gasteiger partial charge in [0.15, 0.2) is 0 Å². The van der Waals surface area contributed by atoms with Crippen LogP contribution < -0.4 is 0 Å². The molecule has 0 atom stereocenters. The molecule has 0 saturated heterocycles. The Bertz CT molecular complexity index is 343. The van der Waals surface area contributed by atoms with Crippen LogP contribution in [0.25, 0.3) is 0 Å². The van der Waals surface area contributed by atoms with Crippen molar-refractivity contribution < 1.29 is 17.9 Å². The van der Waals surface area contributed by atoms with E-state index in [0.29, 0.717) is 6.54 Å². The summed E-state index contributed by atoms with van der Waals surface area (Å²) in [5, 5.41) is 0. The van der Waals surface area contributed by atoms with Crippen LogP contribution in [0.15, 0.2) is 0 Å². The highest BCUT2D eigenvalue weighted by atomic mass is 32.2. The standard InChI is InChI=1S/C11H23NO4S/c1-6-12(8-7-10(13)16-5)17(14,15)9-11(2,3)4/h6-9H2,1-5H3. The molecule has 0 aromatic heterocycles. The minimum Gasteiger partial charge on any atom is -0.469 e. The van der Waals surface area contributed by atoms with Gasteiger partial charge in [0.1, 0.15) is 0 Å². The van der Waals surface area contributed by atoms with Crippen molar-refractivity contribution in [3.8, 4) is 0 Å². The van der Waals surface area contributed by atoms with Gasteiger partial charge in [-0.05, 0) is 5.41 Å². The smallest absolute Gasteiger partial charge is 0.306 e. The highest BCUT2D eigenvalue weighted by Gasteiger charge is 2.27. The summed E-state index contributed by atoms with van der Waals surface area (Å²) in [6, 6.07) is 0. The molecule has 0 aromatic carbocycles. The Morgan fingerprint density at radius 2 is 1.82 bits per heavy atom. The molecule has 0 aromatic rings. The van der Waals surface area contributed by atoms with Gasteiger partial charge in [-0.25, -0.2) is 12.7 Å². The van der Waals surface area contributed by atoms with Crippen LogP contribution in [0, 0.1) is 5.41 Å². The number of rotatable bonds is 6. The Morgan fingerprint density at radius 3 is 2.18 bits per heavy atom. The van der Waals surface area contributed by atoms with Crippen LogP contribution in [0.3, 0.4) is 0 Å². The summed E-state index contributed by atoms with van der Waals surface area (Å²) in [6.07, 6.45) is 0.0910. The zero-order valence-electron chi connectivity index (χ0n) is 11.3. The molecule has 102 valence electrons. The molecular formula is C11H23NO4S. The Hall–Kier alpha value is -0.620. The van der Waals surface area contributed by atoms with Gasteiger partial charge in [0.05, 0.1) is 19.3 Å². The van der Waals surface area contributed by atoms with Crippen LogP contribution >= 0.6 is 0 Å². The summed E-state index contributed by atoms with van der Waals surface area (Å²) in [5.74, 6) is -0.316. The topological polar surface area (TPSA) is 63.7 Å². The van der Waals surface area contributed by atoms with Gasteiger partial charge in [-0.1, -0.05) is 27.7 Å². The number of hydrogen-bond donors (Lipinski definition) is 0. The van der Waals surface area contributed by atoms with Gasteiger partial charge < -0.3 is 4.74 Å². The fourth-order valence-electron chi connectivity index (χ4n) is 1.45. The molecule has 0 fully saturated rings. The van der Waals surface area contributed by atoms with Crippen molar-refractivity contribution in [2.24, 2.45) is 5.41 Å². The Labute approximate surface area is 104 Å². The number of carbonyl (C=O) groups is 1. The SMILES string of the molecule is CCN(CCC(=O)OC)S(=O)(=O)CC(C)(C)C. The molecule has 0 aliphatic heterocycles. The molecule has 0 amide bonds. The van der Waals surface area contributed by atoms with Gasteiger partial charge in [0, 0.05) is 13.1 Å². The van der Waals surface area contributed by atoms with Crippen LogP contribution in [-0.2, 0) is 19.6 Å². The molecule has 0 heterocycles. The zero-order chi connectivity index (χ0) is 13.7. The van der Waals surface area contributed by atoms with Crippen LogP contribution in [0.1, 0.15) is 34.1 Å². The second-order valence-corrected chi connectivity index (χ2v) is 7.10. The van der Waals surface area contributed by atoms with Crippen LogP contribution in [0.5, 0.6) is 0 Å². The Balaban J connectivity index is 4.59. The largest absolute Gasteiger partial charge is 0.469 e. The third-order valence-corrected chi connectivity index (χ3v) is 4.61. The van der Waals surface area contributed by atoms with Gasteiger partial charge in [0.2, 0.25) is 10.0 Å². The first kappa shape index (κ1) is 16.4. The van der Waals surface area contributed by atoms with Crippen molar-refractivity contribution in [2.45, 2.75) is 34.1 Å². The van der Waals surface area contributed by atoms with Gasteiger partial charge >= 0.3 is 5.97 Å². The molecule has 0 spiro atoms. The average Bonchev–Trinajstić information content (AvgIpc) is 2.14. The van der Waals surface area contributed by atoms with Crippen molar-refractivity contribution in [3.05, 3.63) is 0 Å². The number of ether oxygens (including phenoxy) is 1. The maximum atomic E-state index is 12.1. The highest BCUT2D eigenvalue weighted by Crippen LogP contribution is 2.18. The van der Waals surface area contributed by atoms with Crippen molar-refractivity contribution in [3.63, 3.8) is 0 Å². The van der Waals surface area contributed by atoms with Crippen LogP contribution in [0.4, 0.5) is 0 Å². The lowest BCUT2D eigenvalue weighted by Crippen LogP contribution is -2.38. The van der Waals surface area contributed by atoms with E-state index in [-0.39, 0.29) is 24.1 Å². The van der Waals surface area contributed by atoms with E-state index in [0.717, 1.165) is 0 Å². The third-order valence-electron chi connectivity index (χ3n) is 2.15. The number of carbonyl (C=O) groups excluding carboxylic acids is 1. The van der Waals surface area contributed by atoms with E-state index in [4.69, 9.17) is 0 Å². The van der Waals surface area contributed by atoms with E-state index in [1.807, 2.05) is 20.8 Å². The summed E-state index contributed by atoms with van der Waals surface area (Å²) in [6.45, 7) is 7.94. The van der Waals surface area contributed by atoms with Gasteiger partial charge in [-0.15, -0.1) is 0 Å². The van der Waals surface area contributed by atoms with Gasteiger partial charge in [0.25, 0.3) is 0 Å². The number of sulfonamides is 1. The first-order valence-corrected chi connectivity index (χ1v) is 7.28. The summed E-state index contributed by atoms with van der Waals surface area (Å²) in [7, 11) is -2.01. The van der Waals surface area contributed by atoms with Crippen molar-refractivity contribution in [1.82, 2.24) is 4.31 Å². The minimum absolute atomic E-state index is 0.0784. The van der Waals surface area contributed by atoms with E-state index < -0.39 is 16.0 Å². The lowest BCUT2D eigenvalue weighted by molar-refractivity contribution is -0.140. The van der Waals surface area contributed by atoms with Crippen LogP contribution in [0.2, 0.25) is 0 Å². The monoisotopic (exact) mass is 265 g/mol. The second kappa shape index (κ2) is 6.35. The molecule has 0 aliphatic carbocycles. The molecule has 0 radical (unpaired) electrons. The van der Waals surface area contributed by atoms with E-state index in [2.05, 4.69) is 4.74 Å². The fourth-order valence-corrected chi connectivity index (χ4v) is 3.49. The van der Waals surface area contributed by atoms with E-state index in [9.17, 15) is 13.2 Å². The fraction of sp³-hybridized carbons (Fsp3) is 0.909.